The quantitative estimate of drug-likeness (QED) is 0.896. The smallest absolute Gasteiger partial charge is 0.227 e. The van der Waals surface area contributed by atoms with Gasteiger partial charge in [-0.15, -0.1) is 0 Å². The number of amides is 1. The SMILES string of the molecule is COc1ccccc1CC(=O)N1CC[C@H](Oc2ccccc2)[C@@](C)(O)C1. The predicted molar refractivity (Wildman–Crippen MR) is 99.4 cm³/mol. The van der Waals surface area contributed by atoms with E-state index in [0.717, 1.165) is 11.3 Å². The lowest BCUT2D eigenvalue weighted by molar-refractivity contribution is -0.145. The Labute approximate surface area is 154 Å². The van der Waals surface area contributed by atoms with Crippen LogP contribution in [0.25, 0.3) is 0 Å². The zero-order chi connectivity index (χ0) is 18.6. The van der Waals surface area contributed by atoms with Gasteiger partial charge in [-0.3, -0.25) is 4.79 Å². The summed E-state index contributed by atoms with van der Waals surface area (Å²) >= 11 is 0. The van der Waals surface area contributed by atoms with Gasteiger partial charge in [-0.25, -0.2) is 0 Å². The van der Waals surface area contributed by atoms with Crippen molar-refractivity contribution in [3.8, 4) is 11.5 Å². The minimum atomic E-state index is -1.11. The molecule has 5 nitrogen and oxygen atoms in total. The van der Waals surface area contributed by atoms with Gasteiger partial charge in [-0.1, -0.05) is 36.4 Å². The molecule has 0 radical (unpaired) electrons. The number of carbonyl (C=O) groups is 1. The van der Waals surface area contributed by atoms with Crippen LogP contribution in [0.1, 0.15) is 18.9 Å². The summed E-state index contributed by atoms with van der Waals surface area (Å²) in [7, 11) is 1.60. The van der Waals surface area contributed by atoms with Gasteiger partial charge in [0.1, 0.15) is 23.2 Å². The summed E-state index contributed by atoms with van der Waals surface area (Å²) in [4.78, 5) is 14.4. The minimum Gasteiger partial charge on any atom is -0.496 e. The molecule has 0 bridgehead atoms. The Bertz CT molecular complexity index is 745. The number of β-amino-alcohol motifs (C(OH)–C–C–N with tert-alkyl or cyclic N) is 1. The van der Waals surface area contributed by atoms with E-state index in [1.807, 2.05) is 54.6 Å². The number of methoxy groups -OCH3 is 1. The van der Waals surface area contributed by atoms with Crippen LogP contribution >= 0.6 is 0 Å². The van der Waals surface area contributed by atoms with Crippen molar-refractivity contribution in [2.24, 2.45) is 0 Å². The molecule has 2 aromatic carbocycles. The molecule has 1 N–H and O–H groups in total. The molecule has 1 saturated heterocycles. The first kappa shape index (κ1) is 18.3. The Hall–Kier alpha value is -2.53. The average molecular weight is 355 g/mol. The third-order valence-electron chi connectivity index (χ3n) is 4.77. The summed E-state index contributed by atoms with van der Waals surface area (Å²) < 4.78 is 11.3. The standard InChI is InChI=1S/C21H25NO4/c1-21(24)15-22(13-12-19(21)26-17-9-4-3-5-10-17)20(23)14-16-8-6-7-11-18(16)25-2/h3-11,19,24H,12-15H2,1-2H3/t19-,21-/m0/s1. The van der Waals surface area contributed by atoms with Crippen LogP contribution in [0.5, 0.6) is 11.5 Å². The molecule has 2 atom stereocenters. The molecular weight excluding hydrogens is 330 g/mol. The highest BCUT2D eigenvalue weighted by Gasteiger charge is 2.41. The molecule has 1 aliphatic rings. The molecule has 0 aliphatic carbocycles. The lowest BCUT2D eigenvalue weighted by Gasteiger charge is -2.42. The largest absolute Gasteiger partial charge is 0.496 e. The second kappa shape index (κ2) is 7.79. The molecule has 1 heterocycles. The maximum atomic E-state index is 12.7. The summed E-state index contributed by atoms with van der Waals surface area (Å²) in [5.74, 6) is 1.41. The van der Waals surface area contributed by atoms with Crippen molar-refractivity contribution < 1.29 is 19.4 Å². The van der Waals surface area contributed by atoms with Gasteiger partial charge in [0, 0.05) is 18.5 Å². The third kappa shape index (κ3) is 4.17. The molecule has 1 fully saturated rings. The van der Waals surface area contributed by atoms with Crippen molar-refractivity contribution in [3.05, 3.63) is 60.2 Å². The lowest BCUT2D eigenvalue weighted by Crippen LogP contribution is -2.58. The van der Waals surface area contributed by atoms with Gasteiger partial charge in [0.25, 0.3) is 0 Å². The topological polar surface area (TPSA) is 59.0 Å². The second-order valence-corrected chi connectivity index (χ2v) is 6.87. The van der Waals surface area contributed by atoms with Crippen LogP contribution in [0, 0.1) is 0 Å². The van der Waals surface area contributed by atoms with Gasteiger partial charge < -0.3 is 19.5 Å². The molecular formula is C21H25NO4. The van der Waals surface area contributed by atoms with Gasteiger partial charge in [-0.05, 0) is 25.1 Å². The van der Waals surface area contributed by atoms with Crippen molar-refractivity contribution in [2.75, 3.05) is 20.2 Å². The fourth-order valence-electron chi connectivity index (χ4n) is 3.34. The molecule has 0 spiro atoms. The lowest BCUT2D eigenvalue weighted by atomic mass is 9.91. The van der Waals surface area contributed by atoms with Crippen LogP contribution in [0.2, 0.25) is 0 Å². The number of benzene rings is 2. The number of nitrogens with zero attached hydrogens (tertiary/aromatic N) is 1. The van der Waals surface area contributed by atoms with Crippen LogP contribution in [0.15, 0.2) is 54.6 Å². The van der Waals surface area contributed by atoms with Gasteiger partial charge in [-0.2, -0.15) is 0 Å². The van der Waals surface area contributed by atoms with E-state index in [1.54, 1.807) is 18.9 Å². The Balaban J connectivity index is 1.64. The van der Waals surface area contributed by atoms with Crippen molar-refractivity contribution in [1.29, 1.82) is 0 Å². The van der Waals surface area contributed by atoms with E-state index in [4.69, 9.17) is 9.47 Å². The number of hydrogen-bond donors (Lipinski definition) is 1. The van der Waals surface area contributed by atoms with Gasteiger partial charge >= 0.3 is 0 Å². The van der Waals surface area contributed by atoms with Crippen molar-refractivity contribution in [1.82, 2.24) is 4.90 Å². The molecule has 5 heteroatoms. The minimum absolute atomic E-state index is 0.0204. The molecule has 3 rings (SSSR count). The molecule has 2 aromatic rings. The molecule has 0 aromatic heterocycles. The van der Waals surface area contributed by atoms with E-state index in [-0.39, 0.29) is 25.0 Å². The Morgan fingerprint density at radius 2 is 1.88 bits per heavy atom. The fourth-order valence-corrected chi connectivity index (χ4v) is 3.34. The summed E-state index contributed by atoms with van der Waals surface area (Å²) in [6, 6.07) is 17.0. The van der Waals surface area contributed by atoms with Crippen LogP contribution in [-0.2, 0) is 11.2 Å². The van der Waals surface area contributed by atoms with Crippen molar-refractivity contribution in [2.45, 2.75) is 31.5 Å². The number of piperidine rings is 1. The molecule has 138 valence electrons. The average Bonchev–Trinajstić information content (AvgIpc) is 2.64. The molecule has 0 unspecified atom stereocenters. The van der Waals surface area contributed by atoms with E-state index in [2.05, 4.69) is 0 Å². The monoisotopic (exact) mass is 355 g/mol. The van der Waals surface area contributed by atoms with E-state index >= 15 is 0 Å². The first-order chi connectivity index (χ1) is 12.5. The van der Waals surface area contributed by atoms with Crippen molar-refractivity contribution in [3.63, 3.8) is 0 Å². The van der Waals surface area contributed by atoms with E-state index in [1.165, 1.54) is 0 Å². The number of aliphatic hydroxyl groups is 1. The molecule has 1 aliphatic heterocycles. The van der Waals surface area contributed by atoms with Crippen LogP contribution in [0.4, 0.5) is 0 Å². The number of para-hydroxylation sites is 2. The summed E-state index contributed by atoms with van der Waals surface area (Å²) in [5.41, 5.74) is -0.257. The van der Waals surface area contributed by atoms with Crippen LogP contribution in [-0.4, -0.2) is 47.8 Å². The van der Waals surface area contributed by atoms with Gasteiger partial charge in [0.05, 0.1) is 20.1 Å². The zero-order valence-corrected chi connectivity index (χ0v) is 15.2. The Morgan fingerprint density at radius 3 is 2.58 bits per heavy atom. The van der Waals surface area contributed by atoms with Gasteiger partial charge in [0.2, 0.25) is 5.91 Å². The maximum absolute atomic E-state index is 12.7. The summed E-state index contributed by atoms with van der Waals surface area (Å²) in [6.45, 7) is 2.53. The van der Waals surface area contributed by atoms with E-state index < -0.39 is 5.60 Å². The number of rotatable bonds is 5. The van der Waals surface area contributed by atoms with E-state index in [0.29, 0.717) is 18.7 Å². The zero-order valence-electron chi connectivity index (χ0n) is 15.2. The number of ether oxygens (including phenoxy) is 2. The predicted octanol–water partition coefficient (Wildman–Crippen LogP) is 2.67. The molecule has 1 amide bonds. The first-order valence-corrected chi connectivity index (χ1v) is 8.83. The number of carbonyl (C=O) groups excluding carboxylic acids is 1. The van der Waals surface area contributed by atoms with Gasteiger partial charge in [0.15, 0.2) is 0 Å². The number of likely N-dealkylation sites (tertiary alicyclic amines) is 1. The summed E-state index contributed by atoms with van der Waals surface area (Å²) in [5, 5.41) is 10.8. The fraction of sp³-hybridized carbons (Fsp3) is 0.381. The Morgan fingerprint density at radius 1 is 1.19 bits per heavy atom. The normalized spacial score (nSPS) is 22.7. The van der Waals surface area contributed by atoms with Crippen LogP contribution < -0.4 is 9.47 Å². The highest BCUT2D eigenvalue weighted by atomic mass is 16.5. The Kier molecular flexibility index (Phi) is 5.47. The maximum Gasteiger partial charge on any atom is 0.227 e. The van der Waals surface area contributed by atoms with Crippen LogP contribution in [0.3, 0.4) is 0 Å². The third-order valence-corrected chi connectivity index (χ3v) is 4.77. The first-order valence-electron chi connectivity index (χ1n) is 8.83. The second-order valence-electron chi connectivity index (χ2n) is 6.87. The highest BCUT2D eigenvalue weighted by molar-refractivity contribution is 5.79. The molecule has 26 heavy (non-hydrogen) atoms. The van der Waals surface area contributed by atoms with Crippen molar-refractivity contribution >= 4 is 5.91 Å². The molecule has 0 saturated carbocycles. The summed E-state index contributed by atoms with van der Waals surface area (Å²) in [6.07, 6.45) is 0.490. The van der Waals surface area contributed by atoms with E-state index in [9.17, 15) is 9.90 Å². The number of hydrogen-bond acceptors (Lipinski definition) is 4. The highest BCUT2D eigenvalue weighted by Crippen LogP contribution is 2.27.